The number of methoxy groups -OCH3 is 1. The Kier molecular flexibility index (Phi) is 4.30. The Hall–Kier alpha value is -2.72. The van der Waals surface area contributed by atoms with Gasteiger partial charge >= 0.3 is 5.97 Å². The molecule has 2 aromatic rings. The van der Waals surface area contributed by atoms with E-state index in [9.17, 15) is 9.00 Å². The standard InChI is InChI=1S/C14H11N3O3S/c1-20-14(18)9-2-3-12(11(16)6-9)21(19)13-8-17-5-4-10(13)7-15/h2-6,8H,16H2,1H3. The molecule has 0 amide bonds. The van der Waals surface area contributed by atoms with Gasteiger partial charge < -0.3 is 10.5 Å². The van der Waals surface area contributed by atoms with Gasteiger partial charge in [0.05, 0.1) is 38.8 Å². The van der Waals surface area contributed by atoms with E-state index < -0.39 is 16.8 Å². The second-order valence-electron chi connectivity index (χ2n) is 4.00. The molecule has 1 heterocycles. The smallest absolute Gasteiger partial charge is 0.337 e. The molecule has 106 valence electrons. The summed E-state index contributed by atoms with van der Waals surface area (Å²) < 4.78 is 17.1. The van der Waals surface area contributed by atoms with E-state index in [1.807, 2.05) is 6.07 Å². The number of carbonyl (C=O) groups is 1. The number of nitriles is 1. The van der Waals surface area contributed by atoms with E-state index in [0.29, 0.717) is 4.90 Å². The molecule has 0 saturated carbocycles. The van der Waals surface area contributed by atoms with E-state index in [2.05, 4.69) is 9.72 Å². The maximum absolute atomic E-state index is 12.5. The molecule has 1 unspecified atom stereocenters. The van der Waals surface area contributed by atoms with Crippen LogP contribution in [0.4, 0.5) is 5.69 Å². The van der Waals surface area contributed by atoms with Crippen LogP contribution in [0.25, 0.3) is 0 Å². The zero-order valence-corrected chi connectivity index (χ0v) is 11.9. The van der Waals surface area contributed by atoms with Gasteiger partial charge in [0.2, 0.25) is 0 Å². The second kappa shape index (κ2) is 6.15. The zero-order valence-electron chi connectivity index (χ0n) is 11.1. The molecule has 0 saturated heterocycles. The Bertz CT molecular complexity index is 768. The summed E-state index contributed by atoms with van der Waals surface area (Å²) in [6.45, 7) is 0. The molecule has 0 aliphatic heterocycles. The third-order valence-electron chi connectivity index (χ3n) is 2.74. The van der Waals surface area contributed by atoms with Gasteiger partial charge in [-0.3, -0.25) is 4.98 Å². The van der Waals surface area contributed by atoms with Crippen LogP contribution in [0.1, 0.15) is 15.9 Å². The molecule has 0 aliphatic rings. The van der Waals surface area contributed by atoms with Gasteiger partial charge in [0.25, 0.3) is 0 Å². The quantitative estimate of drug-likeness (QED) is 0.680. The topological polar surface area (TPSA) is 106 Å². The van der Waals surface area contributed by atoms with Crippen LogP contribution < -0.4 is 5.73 Å². The third-order valence-corrected chi connectivity index (χ3v) is 4.23. The van der Waals surface area contributed by atoms with E-state index in [4.69, 9.17) is 11.0 Å². The van der Waals surface area contributed by atoms with Crippen molar-refractivity contribution >= 4 is 22.5 Å². The molecule has 0 aliphatic carbocycles. The van der Waals surface area contributed by atoms with E-state index in [0.717, 1.165) is 0 Å². The predicted molar refractivity (Wildman–Crippen MR) is 75.8 cm³/mol. The summed E-state index contributed by atoms with van der Waals surface area (Å²) in [6.07, 6.45) is 2.81. The van der Waals surface area contributed by atoms with Gasteiger partial charge in [-0.05, 0) is 24.3 Å². The highest BCUT2D eigenvalue weighted by molar-refractivity contribution is 7.85. The highest BCUT2D eigenvalue weighted by Crippen LogP contribution is 2.25. The maximum Gasteiger partial charge on any atom is 0.337 e. The number of benzene rings is 1. The second-order valence-corrected chi connectivity index (χ2v) is 5.41. The zero-order chi connectivity index (χ0) is 15.4. The van der Waals surface area contributed by atoms with Crippen molar-refractivity contribution in [1.82, 2.24) is 4.98 Å². The first-order valence-electron chi connectivity index (χ1n) is 5.82. The Morgan fingerprint density at radius 2 is 2.14 bits per heavy atom. The number of hydrogen-bond donors (Lipinski definition) is 1. The summed E-state index contributed by atoms with van der Waals surface area (Å²) in [5.41, 5.74) is 6.55. The monoisotopic (exact) mass is 301 g/mol. The van der Waals surface area contributed by atoms with Gasteiger partial charge in [0, 0.05) is 18.1 Å². The summed E-state index contributed by atoms with van der Waals surface area (Å²) in [4.78, 5) is 15.9. The number of anilines is 1. The Morgan fingerprint density at radius 3 is 2.76 bits per heavy atom. The number of nitrogens with zero attached hydrogens (tertiary/aromatic N) is 2. The molecule has 21 heavy (non-hydrogen) atoms. The SMILES string of the molecule is COC(=O)c1ccc(S(=O)c2cnccc2C#N)c(N)c1. The molecule has 7 heteroatoms. The lowest BCUT2D eigenvalue weighted by Crippen LogP contribution is -2.05. The molecule has 0 fully saturated rings. The number of pyridine rings is 1. The largest absolute Gasteiger partial charge is 0.465 e. The molecule has 2 rings (SSSR count). The number of nitrogen functional groups attached to an aromatic ring is 1. The number of aromatic nitrogens is 1. The maximum atomic E-state index is 12.5. The van der Waals surface area contributed by atoms with Crippen molar-refractivity contribution in [3.05, 3.63) is 47.8 Å². The number of nitrogens with two attached hydrogens (primary N) is 1. The summed E-state index contributed by atoms with van der Waals surface area (Å²) >= 11 is 0. The van der Waals surface area contributed by atoms with Gasteiger partial charge in [-0.2, -0.15) is 5.26 Å². The highest BCUT2D eigenvalue weighted by atomic mass is 32.2. The Labute approximate surface area is 123 Å². The van der Waals surface area contributed by atoms with Crippen LogP contribution in [0, 0.1) is 11.3 Å². The van der Waals surface area contributed by atoms with Crippen LogP contribution in [-0.2, 0) is 15.5 Å². The highest BCUT2D eigenvalue weighted by Gasteiger charge is 2.16. The molecule has 2 N–H and O–H groups in total. The first-order chi connectivity index (χ1) is 10.1. The first-order valence-corrected chi connectivity index (χ1v) is 6.97. The molecule has 0 spiro atoms. The minimum atomic E-state index is -1.66. The van der Waals surface area contributed by atoms with Crippen LogP contribution in [0.5, 0.6) is 0 Å². The van der Waals surface area contributed by atoms with Crippen LogP contribution >= 0.6 is 0 Å². The third kappa shape index (κ3) is 2.90. The van der Waals surface area contributed by atoms with Crippen molar-refractivity contribution in [2.75, 3.05) is 12.8 Å². The van der Waals surface area contributed by atoms with Crippen LogP contribution in [0.15, 0.2) is 46.5 Å². The summed E-state index contributed by atoms with van der Waals surface area (Å²) in [6, 6.07) is 7.77. The minimum Gasteiger partial charge on any atom is -0.465 e. The van der Waals surface area contributed by atoms with E-state index in [1.165, 1.54) is 43.8 Å². The predicted octanol–water partition coefficient (Wildman–Crippen LogP) is 1.49. The van der Waals surface area contributed by atoms with E-state index in [1.54, 1.807) is 0 Å². The summed E-state index contributed by atoms with van der Waals surface area (Å²) in [7, 11) is -0.392. The number of ether oxygens (including phenoxy) is 1. The fourth-order valence-electron chi connectivity index (χ4n) is 1.70. The number of hydrogen-bond acceptors (Lipinski definition) is 6. The molecule has 1 aromatic heterocycles. The van der Waals surface area contributed by atoms with Gasteiger partial charge in [-0.15, -0.1) is 0 Å². The molecule has 6 nitrogen and oxygen atoms in total. The van der Waals surface area contributed by atoms with Crippen molar-refractivity contribution in [3.63, 3.8) is 0 Å². The van der Waals surface area contributed by atoms with Crippen molar-refractivity contribution in [3.8, 4) is 6.07 Å². The van der Waals surface area contributed by atoms with Crippen LogP contribution in [0.3, 0.4) is 0 Å². The number of esters is 1. The fraction of sp³-hybridized carbons (Fsp3) is 0.0714. The van der Waals surface area contributed by atoms with Gasteiger partial charge in [-0.1, -0.05) is 0 Å². The van der Waals surface area contributed by atoms with Crippen molar-refractivity contribution in [2.24, 2.45) is 0 Å². The lowest BCUT2D eigenvalue weighted by molar-refractivity contribution is 0.0600. The Balaban J connectivity index is 2.45. The normalized spacial score (nSPS) is 11.4. The fourth-order valence-corrected chi connectivity index (χ4v) is 2.87. The minimum absolute atomic E-state index is 0.184. The van der Waals surface area contributed by atoms with Gasteiger partial charge in [0.15, 0.2) is 0 Å². The van der Waals surface area contributed by atoms with Crippen molar-refractivity contribution in [2.45, 2.75) is 9.79 Å². The Morgan fingerprint density at radius 1 is 1.38 bits per heavy atom. The van der Waals surface area contributed by atoms with Gasteiger partial charge in [0.1, 0.15) is 6.07 Å². The van der Waals surface area contributed by atoms with E-state index >= 15 is 0 Å². The lowest BCUT2D eigenvalue weighted by Gasteiger charge is -2.08. The molecular weight excluding hydrogens is 290 g/mol. The molecular formula is C14H11N3O3S. The van der Waals surface area contributed by atoms with Gasteiger partial charge in [-0.25, -0.2) is 9.00 Å². The molecule has 0 bridgehead atoms. The number of carbonyl (C=O) groups excluding carboxylic acids is 1. The first kappa shape index (κ1) is 14.7. The molecule has 0 radical (unpaired) electrons. The average Bonchev–Trinajstić information content (AvgIpc) is 2.53. The van der Waals surface area contributed by atoms with Crippen molar-refractivity contribution < 1.29 is 13.7 Å². The van der Waals surface area contributed by atoms with E-state index in [-0.39, 0.29) is 21.7 Å². The van der Waals surface area contributed by atoms with Crippen LogP contribution in [-0.4, -0.2) is 22.3 Å². The van der Waals surface area contributed by atoms with Crippen molar-refractivity contribution in [1.29, 1.82) is 5.26 Å². The molecule has 1 atom stereocenters. The lowest BCUT2D eigenvalue weighted by atomic mass is 10.2. The number of rotatable bonds is 3. The van der Waals surface area contributed by atoms with Crippen LogP contribution in [0.2, 0.25) is 0 Å². The summed E-state index contributed by atoms with van der Waals surface area (Å²) in [5.74, 6) is -0.530. The summed E-state index contributed by atoms with van der Waals surface area (Å²) in [5, 5.41) is 9.03. The average molecular weight is 301 g/mol. The molecule has 1 aromatic carbocycles.